The van der Waals surface area contributed by atoms with Crippen molar-refractivity contribution in [2.75, 3.05) is 19.7 Å². The van der Waals surface area contributed by atoms with Gasteiger partial charge < -0.3 is 15.4 Å². The van der Waals surface area contributed by atoms with Crippen molar-refractivity contribution in [2.24, 2.45) is 0 Å². The number of thiophene rings is 1. The zero-order chi connectivity index (χ0) is 16.5. The molecule has 2 rings (SSSR count). The summed E-state index contributed by atoms with van der Waals surface area (Å²) in [5.41, 5.74) is 0. The van der Waals surface area contributed by atoms with Crippen LogP contribution in [0.15, 0.2) is 41.8 Å². The van der Waals surface area contributed by atoms with Crippen LogP contribution in [0, 0.1) is 0 Å². The second-order valence-electron chi connectivity index (χ2n) is 4.70. The highest BCUT2D eigenvalue weighted by molar-refractivity contribution is 7.10. The molecule has 23 heavy (non-hydrogen) atoms. The van der Waals surface area contributed by atoms with E-state index in [0.29, 0.717) is 30.3 Å². The molecule has 0 radical (unpaired) electrons. The summed E-state index contributed by atoms with van der Waals surface area (Å²) >= 11 is 7.31. The molecule has 0 fully saturated rings. The molecule has 5 nitrogen and oxygen atoms in total. The average Bonchev–Trinajstić information content (AvgIpc) is 3.04. The maximum absolute atomic E-state index is 11.6. The van der Waals surface area contributed by atoms with E-state index in [0.717, 1.165) is 4.88 Å². The lowest BCUT2D eigenvalue weighted by Crippen LogP contribution is -2.37. The van der Waals surface area contributed by atoms with Gasteiger partial charge in [0.15, 0.2) is 6.61 Å². The molecular weight excluding hydrogens is 336 g/mol. The Kier molecular flexibility index (Phi) is 6.90. The van der Waals surface area contributed by atoms with E-state index in [4.69, 9.17) is 16.3 Å². The van der Waals surface area contributed by atoms with Gasteiger partial charge in [0.25, 0.3) is 5.91 Å². The van der Waals surface area contributed by atoms with Crippen molar-refractivity contribution in [1.82, 2.24) is 10.6 Å². The van der Waals surface area contributed by atoms with Crippen LogP contribution in [0.25, 0.3) is 0 Å². The van der Waals surface area contributed by atoms with Crippen molar-refractivity contribution < 1.29 is 14.3 Å². The van der Waals surface area contributed by atoms with Crippen molar-refractivity contribution in [1.29, 1.82) is 0 Å². The van der Waals surface area contributed by atoms with Gasteiger partial charge in [0, 0.05) is 23.0 Å². The summed E-state index contributed by atoms with van der Waals surface area (Å²) in [6, 6.07) is 10.6. The van der Waals surface area contributed by atoms with Gasteiger partial charge in [0.2, 0.25) is 5.91 Å². The average molecular weight is 353 g/mol. The molecule has 2 aromatic rings. The summed E-state index contributed by atoms with van der Waals surface area (Å²) in [5, 5.41) is 7.98. The molecule has 1 aromatic carbocycles. The number of nitrogens with one attached hydrogen (secondary N) is 2. The van der Waals surface area contributed by atoms with E-state index in [1.54, 1.807) is 35.6 Å². The van der Waals surface area contributed by atoms with Crippen molar-refractivity contribution in [3.8, 4) is 5.75 Å². The topological polar surface area (TPSA) is 67.4 Å². The molecule has 2 amide bonds. The maximum atomic E-state index is 11.6. The zero-order valence-electron chi connectivity index (χ0n) is 12.4. The van der Waals surface area contributed by atoms with Gasteiger partial charge in [-0.1, -0.05) is 17.7 Å². The molecule has 7 heteroatoms. The molecule has 122 valence electrons. The number of carbonyl (C=O) groups excluding carboxylic acids is 2. The van der Waals surface area contributed by atoms with Gasteiger partial charge in [-0.25, -0.2) is 0 Å². The third-order valence-corrected chi connectivity index (χ3v) is 4.00. The highest BCUT2D eigenvalue weighted by Crippen LogP contribution is 2.15. The molecule has 1 heterocycles. The van der Waals surface area contributed by atoms with Crippen molar-refractivity contribution in [2.45, 2.75) is 6.42 Å². The Bertz CT molecular complexity index is 629. The van der Waals surface area contributed by atoms with E-state index in [1.807, 2.05) is 17.5 Å². The minimum Gasteiger partial charge on any atom is -0.484 e. The Balaban J connectivity index is 1.56. The predicted molar refractivity (Wildman–Crippen MR) is 91.0 cm³/mol. The number of rotatable bonds is 8. The van der Waals surface area contributed by atoms with Crippen LogP contribution in [0.5, 0.6) is 5.75 Å². The molecule has 0 unspecified atom stereocenters. The highest BCUT2D eigenvalue weighted by Gasteiger charge is 2.05. The van der Waals surface area contributed by atoms with E-state index in [9.17, 15) is 9.59 Å². The lowest BCUT2D eigenvalue weighted by molar-refractivity contribution is -0.124. The summed E-state index contributed by atoms with van der Waals surface area (Å²) in [6.45, 7) is 0.667. The molecule has 0 atom stereocenters. The van der Waals surface area contributed by atoms with Crippen molar-refractivity contribution >= 4 is 34.8 Å². The summed E-state index contributed by atoms with van der Waals surface area (Å²) < 4.78 is 5.31. The van der Waals surface area contributed by atoms with Crippen LogP contribution >= 0.6 is 22.9 Å². The molecule has 0 aliphatic rings. The summed E-state index contributed by atoms with van der Waals surface area (Å²) in [7, 11) is 0. The highest BCUT2D eigenvalue weighted by atomic mass is 35.5. The number of halogens is 1. The molecule has 0 saturated heterocycles. The minimum atomic E-state index is -0.243. The molecule has 2 N–H and O–H groups in total. The Labute approximate surface area is 143 Å². The monoisotopic (exact) mass is 352 g/mol. The molecule has 0 bridgehead atoms. The van der Waals surface area contributed by atoms with Crippen LogP contribution in [0.3, 0.4) is 0 Å². The molecular formula is C16H17ClN2O3S. The molecule has 1 aromatic heterocycles. The Morgan fingerprint density at radius 2 is 1.74 bits per heavy atom. The molecule has 0 saturated carbocycles. The number of carbonyl (C=O) groups is 2. The third-order valence-electron chi connectivity index (χ3n) is 2.87. The van der Waals surface area contributed by atoms with Crippen LogP contribution in [-0.2, 0) is 16.0 Å². The first-order valence-corrected chi connectivity index (χ1v) is 8.33. The number of benzene rings is 1. The Hall–Kier alpha value is -2.05. The van der Waals surface area contributed by atoms with Crippen molar-refractivity contribution in [3.63, 3.8) is 0 Å². The lowest BCUT2D eigenvalue weighted by atomic mass is 10.3. The van der Waals surface area contributed by atoms with Gasteiger partial charge in [-0.3, -0.25) is 9.59 Å². The van der Waals surface area contributed by atoms with Gasteiger partial charge in [0.1, 0.15) is 5.75 Å². The maximum Gasteiger partial charge on any atom is 0.258 e. The quantitative estimate of drug-likeness (QED) is 0.716. The standard InChI is InChI=1S/C16H17ClN2O3S/c17-12-3-5-13(6-4-12)22-11-16(21)19-8-7-18-15(20)10-14-2-1-9-23-14/h1-6,9H,7-8,10-11H2,(H,18,20)(H,19,21). The smallest absolute Gasteiger partial charge is 0.258 e. The Morgan fingerprint density at radius 3 is 2.39 bits per heavy atom. The minimum absolute atomic E-state index is 0.0564. The molecule has 0 aliphatic carbocycles. The van der Waals surface area contributed by atoms with Crippen molar-refractivity contribution in [3.05, 3.63) is 51.7 Å². The normalized spacial score (nSPS) is 10.1. The first-order chi connectivity index (χ1) is 11.1. The fourth-order valence-electron chi connectivity index (χ4n) is 1.77. The first-order valence-electron chi connectivity index (χ1n) is 7.07. The second kappa shape index (κ2) is 9.17. The van der Waals surface area contributed by atoms with Gasteiger partial charge >= 0.3 is 0 Å². The summed E-state index contributed by atoms with van der Waals surface area (Å²) in [6.07, 6.45) is 0.366. The largest absolute Gasteiger partial charge is 0.484 e. The van der Waals surface area contributed by atoms with E-state index < -0.39 is 0 Å². The number of amides is 2. The van der Waals surface area contributed by atoms with E-state index in [1.165, 1.54) is 0 Å². The lowest BCUT2D eigenvalue weighted by Gasteiger charge is -2.08. The Morgan fingerprint density at radius 1 is 1.04 bits per heavy atom. The fourth-order valence-corrected chi connectivity index (χ4v) is 2.60. The summed E-state index contributed by atoms with van der Waals surface area (Å²) in [4.78, 5) is 24.3. The van der Waals surface area contributed by atoms with Crippen LogP contribution in [0.4, 0.5) is 0 Å². The number of ether oxygens (including phenoxy) is 1. The second-order valence-corrected chi connectivity index (χ2v) is 6.17. The predicted octanol–water partition coefficient (Wildman–Crippen LogP) is 2.26. The number of hydrogen-bond acceptors (Lipinski definition) is 4. The zero-order valence-corrected chi connectivity index (χ0v) is 14.0. The van der Waals surface area contributed by atoms with Crippen LogP contribution in [0.2, 0.25) is 5.02 Å². The van der Waals surface area contributed by atoms with Gasteiger partial charge in [-0.05, 0) is 35.7 Å². The van der Waals surface area contributed by atoms with E-state index >= 15 is 0 Å². The third kappa shape index (κ3) is 6.71. The van der Waals surface area contributed by atoms with E-state index in [-0.39, 0.29) is 18.4 Å². The SMILES string of the molecule is O=C(COc1ccc(Cl)cc1)NCCNC(=O)Cc1cccs1. The first kappa shape index (κ1) is 17.3. The van der Waals surface area contributed by atoms with Crippen LogP contribution in [0.1, 0.15) is 4.88 Å². The van der Waals surface area contributed by atoms with Crippen LogP contribution in [-0.4, -0.2) is 31.5 Å². The van der Waals surface area contributed by atoms with E-state index in [2.05, 4.69) is 10.6 Å². The fraction of sp³-hybridized carbons (Fsp3) is 0.250. The number of hydrogen-bond donors (Lipinski definition) is 2. The summed E-state index contributed by atoms with van der Waals surface area (Å²) in [5.74, 6) is 0.278. The molecule has 0 spiro atoms. The van der Waals surface area contributed by atoms with Crippen LogP contribution < -0.4 is 15.4 Å². The van der Waals surface area contributed by atoms with Gasteiger partial charge in [-0.2, -0.15) is 0 Å². The van der Waals surface area contributed by atoms with Gasteiger partial charge in [-0.15, -0.1) is 11.3 Å². The van der Waals surface area contributed by atoms with Gasteiger partial charge in [0.05, 0.1) is 6.42 Å². The molecule has 0 aliphatic heterocycles.